The second kappa shape index (κ2) is 6.24. The van der Waals surface area contributed by atoms with Crippen molar-refractivity contribution < 1.29 is 14.3 Å². The largest absolute Gasteiger partial charge is 0.501 e. The molecule has 0 saturated heterocycles. The number of ketones is 1. The second-order valence-electron chi connectivity index (χ2n) is 4.57. The highest BCUT2D eigenvalue weighted by atomic mass is 16.5. The number of hydrogen-bond donors (Lipinski definition) is 0. The van der Waals surface area contributed by atoms with Crippen LogP contribution in [0.2, 0.25) is 0 Å². The zero-order chi connectivity index (χ0) is 14.5. The lowest BCUT2D eigenvalue weighted by Crippen LogP contribution is -2.08. The summed E-state index contributed by atoms with van der Waals surface area (Å²) in [5.41, 5.74) is 2.10. The van der Waals surface area contributed by atoms with Crippen LogP contribution >= 0.6 is 0 Å². The molecular weight excluding hydrogens is 252 g/mol. The van der Waals surface area contributed by atoms with E-state index < -0.39 is 0 Å². The van der Waals surface area contributed by atoms with Crippen LogP contribution in [0, 0.1) is 0 Å². The number of benzene rings is 1. The molecule has 0 unspecified atom stereocenters. The standard InChI is InChI=1S/C17H18O3/c1-12(13-4-8-15(19-2)9-5-13)17(18)14-6-10-16(20-3)11-7-14/h4-6,8-10H,1,7,11H2,2-3H3. The number of hydrogen-bond acceptors (Lipinski definition) is 3. The van der Waals surface area contributed by atoms with Gasteiger partial charge in [-0.15, -0.1) is 0 Å². The molecule has 0 heterocycles. The smallest absolute Gasteiger partial charge is 0.189 e. The first-order valence-electron chi connectivity index (χ1n) is 6.47. The van der Waals surface area contributed by atoms with Crippen LogP contribution in [0.5, 0.6) is 5.75 Å². The molecule has 0 fully saturated rings. The van der Waals surface area contributed by atoms with Gasteiger partial charge in [0.25, 0.3) is 0 Å². The molecule has 0 atom stereocenters. The van der Waals surface area contributed by atoms with E-state index in [4.69, 9.17) is 9.47 Å². The van der Waals surface area contributed by atoms with Crippen molar-refractivity contribution in [2.45, 2.75) is 12.8 Å². The third-order valence-corrected chi connectivity index (χ3v) is 3.38. The normalized spacial score (nSPS) is 14.1. The molecule has 0 saturated carbocycles. The summed E-state index contributed by atoms with van der Waals surface area (Å²) < 4.78 is 10.3. The molecule has 1 aromatic rings. The maximum Gasteiger partial charge on any atom is 0.189 e. The van der Waals surface area contributed by atoms with Crippen molar-refractivity contribution in [3.63, 3.8) is 0 Å². The number of ether oxygens (including phenoxy) is 2. The van der Waals surface area contributed by atoms with Gasteiger partial charge in [-0.25, -0.2) is 0 Å². The average molecular weight is 270 g/mol. The maximum absolute atomic E-state index is 12.4. The number of allylic oxidation sites excluding steroid dienone is 5. The molecule has 20 heavy (non-hydrogen) atoms. The number of carbonyl (C=O) groups excluding carboxylic acids is 1. The van der Waals surface area contributed by atoms with Crippen LogP contribution in [0.1, 0.15) is 18.4 Å². The van der Waals surface area contributed by atoms with Crippen molar-refractivity contribution in [3.8, 4) is 5.75 Å². The van der Waals surface area contributed by atoms with Crippen LogP contribution in [0.15, 0.2) is 54.3 Å². The molecule has 0 radical (unpaired) electrons. The fourth-order valence-corrected chi connectivity index (χ4v) is 2.09. The Bertz CT molecular complexity index is 577. The van der Waals surface area contributed by atoms with E-state index in [1.54, 1.807) is 14.2 Å². The van der Waals surface area contributed by atoms with E-state index in [-0.39, 0.29) is 5.78 Å². The summed E-state index contributed by atoms with van der Waals surface area (Å²) in [5.74, 6) is 1.65. The number of carbonyl (C=O) groups is 1. The molecule has 1 aliphatic rings. The number of Topliss-reactive ketones (excluding diaryl/α,β-unsaturated/α-hetero) is 1. The predicted molar refractivity (Wildman–Crippen MR) is 79.4 cm³/mol. The van der Waals surface area contributed by atoms with Crippen LogP contribution in [-0.4, -0.2) is 20.0 Å². The molecular formula is C17H18O3. The second-order valence-corrected chi connectivity index (χ2v) is 4.57. The average Bonchev–Trinajstić information content (AvgIpc) is 2.53. The first-order chi connectivity index (χ1) is 9.65. The fraction of sp³-hybridized carbons (Fsp3) is 0.235. The lowest BCUT2D eigenvalue weighted by atomic mass is 9.93. The molecule has 0 bridgehead atoms. The van der Waals surface area contributed by atoms with Crippen LogP contribution in [0.25, 0.3) is 5.57 Å². The summed E-state index contributed by atoms with van der Waals surface area (Å²) in [4.78, 5) is 12.4. The minimum absolute atomic E-state index is 0.0124. The van der Waals surface area contributed by atoms with E-state index >= 15 is 0 Å². The van der Waals surface area contributed by atoms with Crippen molar-refractivity contribution in [2.24, 2.45) is 0 Å². The lowest BCUT2D eigenvalue weighted by Gasteiger charge is -2.14. The molecule has 1 aliphatic carbocycles. The Morgan fingerprint density at radius 2 is 1.75 bits per heavy atom. The molecule has 3 nitrogen and oxygen atoms in total. The lowest BCUT2D eigenvalue weighted by molar-refractivity contribution is -0.110. The molecule has 1 aromatic carbocycles. The van der Waals surface area contributed by atoms with Crippen LogP contribution in [0.3, 0.4) is 0 Å². The fourth-order valence-electron chi connectivity index (χ4n) is 2.09. The first kappa shape index (κ1) is 14.1. The van der Waals surface area contributed by atoms with Crippen LogP contribution in [0.4, 0.5) is 0 Å². The summed E-state index contributed by atoms with van der Waals surface area (Å²) in [6, 6.07) is 7.34. The van der Waals surface area contributed by atoms with Crippen molar-refractivity contribution >= 4 is 11.4 Å². The Kier molecular flexibility index (Phi) is 4.41. The zero-order valence-electron chi connectivity index (χ0n) is 11.8. The highest BCUT2D eigenvalue weighted by Crippen LogP contribution is 2.25. The monoisotopic (exact) mass is 270 g/mol. The SMILES string of the molecule is C=C(C(=O)C1=CC=C(OC)CC1)c1ccc(OC)cc1. The molecule has 0 aromatic heterocycles. The molecule has 0 N–H and O–H groups in total. The Balaban J connectivity index is 2.14. The predicted octanol–water partition coefficient (Wildman–Crippen LogP) is 3.53. The van der Waals surface area contributed by atoms with Crippen molar-refractivity contribution in [2.75, 3.05) is 14.2 Å². The van der Waals surface area contributed by atoms with Gasteiger partial charge in [0.1, 0.15) is 5.75 Å². The van der Waals surface area contributed by atoms with E-state index in [0.717, 1.165) is 29.1 Å². The number of methoxy groups -OCH3 is 2. The van der Waals surface area contributed by atoms with Gasteiger partial charge in [-0.1, -0.05) is 24.8 Å². The summed E-state index contributed by atoms with van der Waals surface area (Å²) in [6.07, 6.45) is 5.11. The first-order valence-corrected chi connectivity index (χ1v) is 6.47. The number of rotatable bonds is 5. The molecule has 0 aliphatic heterocycles. The minimum Gasteiger partial charge on any atom is -0.501 e. The maximum atomic E-state index is 12.4. The molecule has 104 valence electrons. The van der Waals surface area contributed by atoms with Crippen LogP contribution < -0.4 is 4.74 Å². The Hall–Kier alpha value is -2.29. The van der Waals surface area contributed by atoms with Gasteiger partial charge in [-0.2, -0.15) is 0 Å². The highest BCUT2D eigenvalue weighted by molar-refractivity contribution is 6.28. The van der Waals surface area contributed by atoms with Crippen LogP contribution in [-0.2, 0) is 9.53 Å². The van der Waals surface area contributed by atoms with Gasteiger partial charge in [0.15, 0.2) is 5.78 Å². The molecule has 0 spiro atoms. The van der Waals surface area contributed by atoms with Gasteiger partial charge in [0.05, 0.1) is 20.0 Å². The Morgan fingerprint density at radius 1 is 1.05 bits per heavy atom. The van der Waals surface area contributed by atoms with Gasteiger partial charge in [0, 0.05) is 17.6 Å². The Morgan fingerprint density at radius 3 is 2.25 bits per heavy atom. The van der Waals surface area contributed by atoms with E-state index in [1.165, 1.54) is 0 Å². The Labute approximate surface area is 119 Å². The van der Waals surface area contributed by atoms with E-state index in [2.05, 4.69) is 6.58 Å². The summed E-state index contributed by atoms with van der Waals surface area (Å²) in [5, 5.41) is 0. The summed E-state index contributed by atoms with van der Waals surface area (Å²) in [6.45, 7) is 3.91. The molecule has 0 amide bonds. The zero-order valence-corrected chi connectivity index (χ0v) is 11.8. The molecule has 3 heteroatoms. The van der Waals surface area contributed by atoms with Crippen molar-refractivity contribution in [3.05, 3.63) is 59.9 Å². The van der Waals surface area contributed by atoms with E-state index in [9.17, 15) is 4.79 Å². The molecule has 2 rings (SSSR count). The van der Waals surface area contributed by atoms with Crippen molar-refractivity contribution in [1.82, 2.24) is 0 Å². The third kappa shape index (κ3) is 2.99. The van der Waals surface area contributed by atoms with Gasteiger partial charge >= 0.3 is 0 Å². The summed E-state index contributed by atoms with van der Waals surface area (Å²) in [7, 11) is 3.25. The van der Waals surface area contributed by atoms with Gasteiger partial charge in [0.2, 0.25) is 0 Å². The highest BCUT2D eigenvalue weighted by Gasteiger charge is 2.17. The summed E-state index contributed by atoms with van der Waals surface area (Å²) >= 11 is 0. The van der Waals surface area contributed by atoms with E-state index in [0.29, 0.717) is 12.0 Å². The third-order valence-electron chi connectivity index (χ3n) is 3.38. The van der Waals surface area contributed by atoms with Gasteiger partial charge in [-0.05, 0) is 30.2 Å². The quantitative estimate of drug-likeness (QED) is 0.768. The van der Waals surface area contributed by atoms with Crippen molar-refractivity contribution in [1.29, 1.82) is 0 Å². The van der Waals surface area contributed by atoms with Gasteiger partial charge < -0.3 is 9.47 Å². The van der Waals surface area contributed by atoms with Gasteiger partial charge in [-0.3, -0.25) is 4.79 Å². The minimum atomic E-state index is -0.0124. The van der Waals surface area contributed by atoms with E-state index in [1.807, 2.05) is 36.4 Å². The topological polar surface area (TPSA) is 35.5 Å².